The lowest BCUT2D eigenvalue weighted by Crippen LogP contribution is -2.66. The second kappa shape index (κ2) is 20.3. The molecule has 6 heterocycles. The fraction of sp³-hybridized carbons (Fsp3) is 0.961. The van der Waals surface area contributed by atoms with Crippen LogP contribution in [-0.4, -0.2) is 216 Å². The third-order valence-corrected chi connectivity index (χ3v) is 19.6. The highest BCUT2D eigenvalue weighted by atomic mass is 16.8. The van der Waals surface area contributed by atoms with Crippen molar-refractivity contribution in [1.82, 2.24) is 0 Å². The van der Waals surface area contributed by atoms with Gasteiger partial charge in [-0.3, -0.25) is 0 Å². The van der Waals surface area contributed by atoms with Gasteiger partial charge < -0.3 is 104 Å². The van der Waals surface area contributed by atoms with Crippen LogP contribution in [0.15, 0.2) is 11.6 Å². The van der Waals surface area contributed by atoms with Gasteiger partial charge in [0, 0.05) is 12.3 Å². The van der Waals surface area contributed by atoms with Gasteiger partial charge in [-0.25, -0.2) is 0 Å². The van der Waals surface area contributed by atoms with Gasteiger partial charge >= 0.3 is 0 Å². The summed E-state index contributed by atoms with van der Waals surface area (Å²) in [5, 5.41) is 121. The number of hydrogen-bond acceptors (Lipinski definition) is 21. The molecule has 1 spiro atoms. The first-order valence-electron chi connectivity index (χ1n) is 26.7. The van der Waals surface area contributed by atoms with Crippen LogP contribution >= 0.6 is 0 Å². The van der Waals surface area contributed by atoms with Crippen molar-refractivity contribution in [2.45, 2.75) is 246 Å². The maximum Gasteiger partial charge on any atom is 0.187 e. The summed E-state index contributed by atoms with van der Waals surface area (Å²) in [5.74, 6) is 1.08. The predicted octanol–water partition coefficient (Wildman–Crippen LogP) is -0.936. The van der Waals surface area contributed by atoms with Crippen LogP contribution in [-0.2, 0) is 47.4 Å². The summed E-state index contributed by atoms with van der Waals surface area (Å²) in [6, 6.07) is 0. The Morgan fingerprint density at radius 1 is 0.611 bits per heavy atom. The summed E-state index contributed by atoms with van der Waals surface area (Å²) < 4.78 is 61.2. The second-order valence-corrected chi connectivity index (χ2v) is 23.8. The van der Waals surface area contributed by atoms with Crippen LogP contribution in [0.25, 0.3) is 0 Å². The first-order valence-corrected chi connectivity index (χ1v) is 26.7. The molecule has 3 saturated carbocycles. The van der Waals surface area contributed by atoms with Crippen LogP contribution < -0.4 is 0 Å². The lowest BCUT2D eigenvalue weighted by atomic mass is 9.48. The molecule has 72 heavy (non-hydrogen) atoms. The van der Waals surface area contributed by atoms with E-state index >= 15 is 0 Å². The van der Waals surface area contributed by atoms with E-state index in [2.05, 4.69) is 33.8 Å². The molecule has 6 saturated heterocycles. The summed E-state index contributed by atoms with van der Waals surface area (Å²) in [6.07, 6.45) is -21.3. The summed E-state index contributed by atoms with van der Waals surface area (Å²) in [5.41, 5.74) is 0.208. The van der Waals surface area contributed by atoms with Crippen molar-refractivity contribution in [3.05, 3.63) is 11.6 Å². The minimum absolute atomic E-state index is 0.111. The molecular weight excluding hydrogens is 949 g/mol. The molecule has 32 unspecified atom stereocenters. The monoisotopic (exact) mass is 1030 g/mol. The van der Waals surface area contributed by atoms with E-state index in [1.807, 2.05) is 0 Å². The molecule has 0 amide bonds. The summed E-state index contributed by atoms with van der Waals surface area (Å²) in [7, 11) is 0. The zero-order valence-corrected chi connectivity index (χ0v) is 42.4. The fourth-order valence-electron chi connectivity index (χ4n) is 15.3. The third-order valence-electron chi connectivity index (χ3n) is 19.6. The minimum atomic E-state index is -1.84. The molecule has 32 atom stereocenters. The van der Waals surface area contributed by atoms with Gasteiger partial charge in [-0.05, 0) is 107 Å². The lowest BCUT2D eigenvalue weighted by Gasteiger charge is -2.58. The molecule has 21 heteroatoms. The second-order valence-electron chi connectivity index (χ2n) is 23.8. The van der Waals surface area contributed by atoms with E-state index in [0.717, 1.165) is 38.5 Å². The molecule has 0 bridgehead atoms. The maximum absolute atomic E-state index is 12.7. The molecule has 21 nitrogen and oxygen atoms in total. The zero-order chi connectivity index (χ0) is 51.7. The van der Waals surface area contributed by atoms with E-state index in [1.165, 1.54) is 26.3 Å². The van der Waals surface area contributed by atoms with Crippen LogP contribution in [0.3, 0.4) is 0 Å². The number of fused-ring (bicyclic) bond motifs is 7. The molecule has 0 radical (unpaired) electrons. The molecule has 10 aliphatic rings. The van der Waals surface area contributed by atoms with Crippen molar-refractivity contribution >= 4 is 0 Å². The first-order chi connectivity index (χ1) is 34.0. The molecule has 9 fully saturated rings. The van der Waals surface area contributed by atoms with E-state index in [1.54, 1.807) is 0 Å². The molecule has 4 aliphatic carbocycles. The van der Waals surface area contributed by atoms with Gasteiger partial charge in [-0.15, -0.1) is 0 Å². The first kappa shape index (κ1) is 54.3. The number of aliphatic hydroxyl groups excluding tert-OH is 10. The Balaban J connectivity index is 0.778. The van der Waals surface area contributed by atoms with Gasteiger partial charge in [0.15, 0.2) is 30.9 Å². The number of aliphatic hydroxyl groups is 11. The highest BCUT2D eigenvalue weighted by Crippen LogP contribution is 2.69. The topological polar surface area (TPSA) is 315 Å². The van der Waals surface area contributed by atoms with Crippen LogP contribution in [0.2, 0.25) is 0 Å². The highest BCUT2D eigenvalue weighted by Gasteiger charge is 2.73. The number of rotatable bonds is 9. The zero-order valence-electron chi connectivity index (χ0n) is 42.4. The molecule has 0 aromatic heterocycles. The third kappa shape index (κ3) is 8.90. The quantitative estimate of drug-likeness (QED) is 0.124. The van der Waals surface area contributed by atoms with Crippen molar-refractivity contribution in [2.75, 3.05) is 13.2 Å². The average molecular weight is 1030 g/mol. The molecule has 0 aromatic carbocycles. The van der Waals surface area contributed by atoms with Gasteiger partial charge in [0.2, 0.25) is 0 Å². The molecule has 10 rings (SSSR count). The van der Waals surface area contributed by atoms with Gasteiger partial charge in [0.1, 0.15) is 85.0 Å². The summed E-state index contributed by atoms with van der Waals surface area (Å²) >= 11 is 0. The van der Waals surface area contributed by atoms with E-state index in [9.17, 15) is 56.2 Å². The van der Waals surface area contributed by atoms with Crippen molar-refractivity contribution in [1.29, 1.82) is 0 Å². The van der Waals surface area contributed by atoms with Crippen LogP contribution in [0.5, 0.6) is 0 Å². The standard InChI is InChI=1S/C51H82O21/c1-19-10-13-50(63-18-19)24(6)51(62)31(72-50)16-28-27-9-8-25-15-26(11-12-49(25,7)29(27)14-20(2)32(28)51)67-48-44(36(56)34(54)30(17-52)68-48)71-47-41(61)38(58)43(23(5)66-47)70-46-40(60)37(57)42(22(4)65-46)69-45-39(59)35(55)33(53)21(3)64-45/h8,19-24,26-48,52-62H,9-18H2,1-7H3. The molecule has 412 valence electrons. The van der Waals surface area contributed by atoms with E-state index in [0.29, 0.717) is 43.1 Å². The van der Waals surface area contributed by atoms with Crippen LogP contribution in [0, 0.1) is 46.8 Å². The number of hydrogen-bond donors (Lipinski definition) is 11. The fourth-order valence-corrected chi connectivity index (χ4v) is 15.3. The lowest BCUT2D eigenvalue weighted by molar-refractivity contribution is -0.388. The van der Waals surface area contributed by atoms with Crippen molar-refractivity contribution in [2.24, 2.45) is 46.8 Å². The van der Waals surface area contributed by atoms with Gasteiger partial charge in [-0.2, -0.15) is 0 Å². The van der Waals surface area contributed by atoms with E-state index < -0.39 is 147 Å². The van der Waals surface area contributed by atoms with Crippen molar-refractivity contribution in [3.63, 3.8) is 0 Å². The van der Waals surface area contributed by atoms with E-state index in [4.69, 9.17) is 47.4 Å². The SMILES string of the molecule is CC1CCC2(OC1)OC1CC3C4CC=C5CC(OC6OC(CO)C(O)C(O)C6OC6OC(C)C(OC7OC(C)C(OC8OC(C)C(O)C(O)C8O)C(O)C7O)C(O)C6O)CCC5(C)C4CC(C)C3C1(O)C2C. The normalized spacial score (nSPS) is 58.8. The number of ether oxygens (including phenoxy) is 10. The summed E-state index contributed by atoms with van der Waals surface area (Å²) in [6.45, 7) is 13.5. The smallest absolute Gasteiger partial charge is 0.187 e. The largest absolute Gasteiger partial charge is 0.394 e. The van der Waals surface area contributed by atoms with Crippen molar-refractivity contribution < 1.29 is 104 Å². The van der Waals surface area contributed by atoms with Gasteiger partial charge in [0.05, 0.1) is 43.7 Å². The molecule has 0 aromatic rings. The summed E-state index contributed by atoms with van der Waals surface area (Å²) in [4.78, 5) is 0. The Hall–Kier alpha value is -1.10. The minimum Gasteiger partial charge on any atom is -0.394 e. The average Bonchev–Trinajstić information content (AvgIpc) is 3.75. The Labute approximate surface area is 420 Å². The highest BCUT2D eigenvalue weighted by molar-refractivity contribution is 5.27. The van der Waals surface area contributed by atoms with E-state index in [-0.39, 0.29) is 29.3 Å². The predicted molar refractivity (Wildman–Crippen MR) is 245 cm³/mol. The van der Waals surface area contributed by atoms with Crippen LogP contribution in [0.4, 0.5) is 0 Å². The Morgan fingerprint density at radius 3 is 1.79 bits per heavy atom. The molecule has 6 aliphatic heterocycles. The van der Waals surface area contributed by atoms with Gasteiger partial charge in [-0.1, -0.05) is 39.3 Å². The van der Waals surface area contributed by atoms with Crippen LogP contribution in [0.1, 0.15) is 99.8 Å². The van der Waals surface area contributed by atoms with Gasteiger partial charge in [0.25, 0.3) is 0 Å². The molecule has 11 N–H and O–H groups in total. The Kier molecular flexibility index (Phi) is 15.3. The van der Waals surface area contributed by atoms with Crippen molar-refractivity contribution in [3.8, 4) is 0 Å². The Bertz CT molecular complexity index is 1920. The number of allylic oxidation sites excluding steroid dienone is 1. The maximum atomic E-state index is 12.7. The molecular formula is C51H82O21. The Morgan fingerprint density at radius 2 is 1.19 bits per heavy atom.